The molecular weight excluding hydrogens is 432 g/mol. The molecule has 0 fully saturated rings. The predicted octanol–water partition coefficient (Wildman–Crippen LogP) is 5.28. The molecule has 2 amide bonds. The average Bonchev–Trinajstić information content (AvgIpc) is 2.74. The highest BCUT2D eigenvalue weighted by Gasteiger charge is 2.18. The Morgan fingerprint density at radius 1 is 0.793 bits per heavy atom. The van der Waals surface area contributed by atoms with Crippen molar-refractivity contribution in [2.24, 2.45) is 0 Å². The summed E-state index contributed by atoms with van der Waals surface area (Å²) in [6.45, 7) is 1.76. The first kappa shape index (κ1) is 20.5. The maximum absolute atomic E-state index is 12.9. The number of carbonyl (C=O) groups excluding carboxylic acids is 3. The Balaban J connectivity index is 1.84. The zero-order valence-electron chi connectivity index (χ0n) is 15.7. The van der Waals surface area contributed by atoms with E-state index >= 15 is 0 Å². The van der Waals surface area contributed by atoms with E-state index in [9.17, 15) is 14.4 Å². The molecule has 2 N–H and O–H groups in total. The summed E-state index contributed by atoms with van der Waals surface area (Å²) < 4.78 is 0.870. The van der Waals surface area contributed by atoms with Gasteiger partial charge in [-0.15, -0.1) is 0 Å². The Labute approximate surface area is 177 Å². The van der Waals surface area contributed by atoms with E-state index in [4.69, 9.17) is 0 Å². The summed E-state index contributed by atoms with van der Waals surface area (Å²) in [6, 6.07) is 20.5. The summed E-state index contributed by atoms with van der Waals surface area (Å²) in [6.07, 6.45) is 0.363. The topological polar surface area (TPSA) is 75.3 Å². The van der Waals surface area contributed by atoms with Crippen LogP contribution in [0.25, 0.3) is 0 Å². The van der Waals surface area contributed by atoms with Crippen LogP contribution in [0.3, 0.4) is 0 Å². The fraction of sp³-hybridized carbons (Fsp3) is 0.0870. The number of halogens is 1. The number of hydrogen-bond acceptors (Lipinski definition) is 3. The Morgan fingerprint density at radius 2 is 1.41 bits per heavy atom. The van der Waals surface area contributed by atoms with Crippen molar-refractivity contribution >= 4 is 44.9 Å². The minimum absolute atomic E-state index is 0.112. The highest BCUT2D eigenvalue weighted by molar-refractivity contribution is 9.10. The highest BCUT2D eigenvalue weighted by Crippen LogP contribution is 2.20. The smallest absolute Gasteiger partial charge is 0.256 e. The highest BCUT2D eigenvalue weighted by atomic mass is 79.9. The monoisotopic (exact) mass is 450 g/mol. The molecule has 5 nitrogen and oxygen atoms in total. The van der Waals surface area contributed by atoms with Crippen LogP contribution in [0.4, 0.5) is 11.4 Å². The Morgan fingerprint density at radius 3 is 2.07 bits per heavy atom. The molecule has 0 spiro atoms. The quantitative estimate of drug-likeness (QED) is 0.501. The minimum atomic E-state index is -0.398. The molecule has 0 heterocycles. The number of nitrogens with one attached hydrogen (secondary N) is 2. The molecule has 3 aromatic carbocycles. The lowest BCUT2D eigenvalue weighted by Crippen LogP contribution is -2.17. The van der Waals surface area contributed by atoms with E-state index in [-0.39, 0.29) is 17.3 Å². The number of anilines is 2. The van der Waals surface area contributed by atoms with E-state index in [1.54, 1.807) is 79.7 Å². The lowest BCUT2D eigenvalue weighted by molar-refractivity contribution is -0.115. The standard InChI is InChI=1S/C23H19BrN2O3/c1-2-21(27)25-17-6-5-7-18(14-17)26-23(29)20-9-4-3-8-19(20)22(28)15-10-12-16(24)13-11-15/h3-14H,2H2,1H3,(H,25,27)(H,26,29). The van der Waals surface area contributed by atoms with Gasteiger partial charge >= 0.3 is 0 Å². The molecule has 0 aliphatic heterocycles. The van der Waals surface area contributed by atoms with Crippen LogP contribution in [-0.2, 0) is 4.79 Å². The first-order valence-electron chi connectivity index (χ1n) is 9.08. The number of ketones is 1. The van der Waals surface area contributed by atoms with Crippen LogP contribution in [-0.4, -0.2) is 17.6 Å². The second-order valence-corrected chi connectivity index (χ2v) is 7.23. The van der Waals surface area contributed by atoms with Gasteiger partial charge < -0.3 is 10.6 Å². The first-order chi connectivity index (χ1) is 14.0. The summed E-state index contributed by atoms with van der Waals surface area (Å²) in [5, 5.41) is 5.55. The number of carbonyl (C=O) groups is 3. The molecule has 3 rings (SSSR count). The molecule has 0 saturated carbocycles. The second kappa shape index (κ2) is 9.30. The van der Waals surface area contributed by atoms with Gasteiger partial charge in [0.2, 0.25) is 5.91 Å². The Kier molecular flexibility index (Phi) is 6.57. The maximum Gasteiger partial charge on any atom is 0.256 e. The summed E-state index contributed by atoms with van der Waals surface area (Å²) in [5.41, 5.74) is 2.22. The Bertz CT molecular complexity index is 1060. The van der Waals surface area contributed by atoms with Crippen LogP contribution in [0, 0.1) is 0 Å². The van der Waals surface area contributed by atoms with Gasteiger partial charge in [0.25, 0.3) is 5.91 Å². The van der Waals surface area contributed by atoms with E-state index in [2.05, 4.69) is 26.6 Å². The Hall–Kier alpha value is -3.25. The van der Waals surface area contributed by atoms with Crippen molar-refractivity contribution in [1.29, 1.82) is 0 Å². The molecule has 6 heteroatoms. The van der Waals surface area contributed by atoms with Crippen LogP contribution in [0.5, 0.6) is 0 Å². The molecule has 0 atom stereocenters. The average molecular weight is 451 g/mol. The van der Waals surface area contributed by atoms with Gasteiger partial charge in [-0.1, -0.05) is 47.1 Å². The number of benzene rings is 3. The first-order valence-corrected chi connectivity index (χ1v) is 9.88. The molecule has 0 aliphatic carbocycles. The van der Waals surface area contributed by atoms with E-state index < -0.39 is 5.91 Å². The van der Waals surface area contributed by atoms with Crippen LogP contribution < -0.4 is 10.6 Å². The largest absolute Gasteiger partial charge is 0.326 e. The second-order valence-electron chi connectivity index (χ2n) is 6.32. The summed E-state index contributed by atoms with van der Waals surface area (Å²) >= 11 is 3.35. The fourth-order valence-corrected chi connectivity index (χ4v) is 3.02. The molecule has 146 valence electrons. The van der Waals surface area contributed by atoms with E-state index in [1.165, 1.54) is 0 Å². The zero-order chi connectivity index (χ0) is 20.8. The van der Waals surface area contributed by atoms with Crippen LogP contribution >= 0.6 is 15.9 Å². The molecule has 0 unspecified atom stereocenters. The number of rotatable bonds is 6. The van der Waals surface area contributed by atoms with Gasteiger partial charge in [-0.2, -0.15) is 0 Å². The zero-order valence-corrected chi connectivity index (χ0v) is 17.3. The minimum Gasteiger partial charge on any atom is -0.326 e. The predicted molar refractivity (Wildman–Crippen MR) is 117 cm³/mol. The third-order valence-corrected chi connectivity index (χ3v) is 4.78. The third kappa shape index (κ3) is 5.18. The van der Waals surface area contributed by atoms with E-state index in [0.29, 0.717) is 28.9 Å². The lowest BCUT2D eigenvalue weighted by Gasteiger charge is -2.11. The van der Waals surface area contributed by atoms with Crippen molar-refractivity contribution in [3.8, 4) is 0 Å². The lowest BCUT2D eigenvalue weighted by atomic mass is 9.98. The van der Waals surface area contributed by atoms with Crippen molar-refractivity contribution in [2.75, 3.05) is 10.6 Å². The summed E-state index contributed by atoms with van der Waals surface area (Å²) in [5.74, 6) is -0.740. The molecule has 0 bridgehead atoms. The van der Waals surface area contributed by atoms with Gasteiger partial charge in [0, 0.05) is 33.4 Å². The number of hydrogen-bond donors (Lipinski definition) is 2. The summed E-state index contributed by atoms with van der Waals surface area (Å²) in [4.78, 5) is 37.3. The van der Waals surface area contributed by atoms with Crippen molar-refractivity contribution in [3.63, 3.8) is 0 Å². The fourth-order valence-electron chi connectivity index (χ4n) is 2.76. The van der Waals surface area contributed by atoms with Crippen LogP contribution in [0.15, 0.2) is 77.3 Å². The van der Waals surface area contributed by atoms with Gasteiger partial charge in [-0.05, 0) is 48.5 Å². The van der Waals surface area contributed by atoms with Gasteiger partial charge in [0.05, 0.1) is 5.56 Å². The normalized spacial score (nSPS) is 10.3. The SMILES string of the molecule is CCC(=O)Nc1cccc(NC(=O)c2ccccc2C(=O)c2ccc(Br)cc2)c1. The van der Waals surface area contributed by atoms with Gasteiger partial charge in [-0.25, -0.2) is 0 Å². The molecule has 0 radical (unpaired) electrons. The van der Waals surface area contributed by atoms with Crippen LogP contribution in [0.2, 0.25) is 0 Å². The van der Waals surface area contributed by atoms with Crippen molar-refractivity contribution in [3.05, 3.63) is 94.0 Å². The number of amides is 2. The van der Waals surface area contributed by atoms with Gasteiger partial charge in [0.1, 0.15) is 0 Å². The maximum atomic E-state index is 12.9. The van der Waals surface area contributed by atoms with Crippen molar-refractivity contribution in [2.45, 2.75) is 13.3 Å². The van der Waals surface area contributed by atoms with Crippen molar-refractivity contribution < 1.29 is 14.4 Å². The molecular formula is C23H19BrN2O3. The molecule has 0 saturated heterocycles. The third-order valence-electron chi connectivity index (χ3n) is 4.25. The molecule has 3 aromatic rings. The summed E-state index contributed by atoms with van der Waals surface area (Å²) in [7, 11) is 0. The van der Waals surface area contributed by atoms with E-state index in [0.717, 1.165) is 4.47 Å². The van der Waals surface area contributed by atoms with Gasteiger partial charge in [-0.3, -0.25) is 14.4 Å². The van der Waals surface area contributed by atoms with Crippen LogP contribution in [0.1, 0.15) is 39.6 Å². The molecule has 0 aliphatic rings. The molecule has 0 aromatic heterocycles. The van der Waals surface area contributed by atoms with E-state index in [1.807, 2.05) is 0 Å². The molecule has 29 heavy (non-hydrogen) atoms. The van der Waals surface area contributed by atoms with Crippen molar-refractivity contribution in [1.82, 2.24) is 0 Å². The van der Waals surface area contributed by atoms with Gasteiger partial charge in [0.15, 0.2) is 5.78 Å².